The number of hydrogen-bond donors (Lipinski definition) is 1. The summed E-state index contributed by atoms with van der Waals surface area (Å²) in [5, 5.41) is 14.8. The van der Waals surface area contributed by atoms with Crippen molar-refractivity contribution in [1.82, 2.24) is 20.0 Å². The van der Waals surface area contributed by atoms with Crippen molar-refractivity contribution in [2.75, 3.05) is 5.32 Å². The van der Waals surface area contributed by atoms with Crippen LogP contribution in [-0.2, 0) is 6.42 Å². The van der Waals surface area contributed by atoms with E-state index in [1.807, 2.05) is 52.0 Å². The van der Waals surface area contributed by atoms with Gasteiger partial charge in [-0.25, -0.2) is 0 Å². The van der Waals surface area contributed by atoms with Gasteiger partial charge in [-0.2, -0.15) is 5.10 Å². The predicted octanol–water partition coefficient (Wildman–Crippen LogP) is 3.31. The molecule has 7 heteroatoms. The number of hydrogen-bond acceptors (Lipinski definition) is 5. The second kappa shape index (κ2) is 6.88. The maximum atomic E-state index is 12.3. The minimum Gasteiger partial charge on any atom is -0.407 e. The molecule has 0 saturated carbocycles. The minimum atomic E-state index is -0.368. The zero-order valence-electron chi connectivity index (χ0n) is 14.8. The predicted molar refractivity (Wildman–Crippen MR) is 93.6 cm³/mol. The first kappa shape index (κ1) is 16.9. The van der Waals surface area contributed by atoms with Gasteiger partial charge in [0, 0.05) is 11.7 Å². The van der Waals surface area contributed by atoms with Gasteiger partial charge in [0.15, 0.2) is 5.69 Å². The molecule has 25 heavy (non-hydrogen) atoms. The molecule has 0 spiro atoms. The lowest BCUT2D eigenvalue weighted by Gasteiger charge is -2.06. The Morgan fingerprint density at radius 3 is 2.56 bits per heavy atom. The molecule has 0 saturated heterocycles. The van der Waals surface area contributed by atoms with Gasteiger partial charge in [-0.05, 0) is 39.3 Å². The SMILES string of the molecule is Cc1ccc(Cc2nnc(NC(=O)c3cc(C)n(C(C)C)n3)o2)cc1. The van der Waals surface area contributed by atoms with Crippen LogP contribution in [-0.4, -0.2) is 25.9 Å². The molecule has 1 amide bonds. The summed E-state index contributed by atoms with van der Waals surface area (Å²) in [6.07, 6.45) is 0.518. The molecule has 0 radical (unpaired) electrons. The number of aryl methyl sites for hydroxylation is 2. The van der Waals surface area contributed by atoms with E-state index in [4.69, 9.17) is 4.42 Å². The third-order valence-corrected chi connectivity index (χ3v) is 3.81. The number of anilines is 1. The van der Waals surface area contributed by atoms with Crippen LogP contribution in [0.2, 0.25) is 0 Å². The molecule has 0 atom stereocenters. The van der Waals surface area contributed by atoms with E-state index in [-0.39, 0.29) is 18.0 Å². The highest BCUT2D eigenvalue weighted by atomic mass is 16.4. The zero-order chi connectivity index (χ0) is 18.0. The highest BCUT2D eigenvalue weighted by Gasteiger charge is 2.16. The number of carbonyl (C=O) groups is 1. The maximum Gasteiger partial charge on any atom is 0.322 e. The van der Waals surface area contributed by atoms with Crippen molar-refractivity contribution < 1.29 is 9.21 Å². The van der Waals surface area contributed by atoms with Gasteiger partial charge in [-0.3, -0.25) is 14.8 Å². The first-order chi connectivity index (χ1) is 11.9. The number of amides is 1. The third-order valence-electron chi connectivity index (χ3n) is 3.81. The lowest BCUT2D eigenvalue weighted by molar-refractivity contribution is 0.101. The smallest absolute Gasteiger partial charge is 0.322 e. The van der Waals surface area contributed by atoms with E-state index >= 15 is 0 Å². The van der Waals surface area contributed by atoms with Crippen molar-refractivity contribution in [1.29, 1.82) is 0 Å². The molecule has 2 heterocycles. The largest absolute Gasteiger partial charge is 0.407 e. The number of nitrogens with one attached hydrogen (secondary N) is 1. The number of benzene rings is 1. The number of carbonyl (C=O) groups excluding carboxylic acids is 1. The Morgan fingerprint density at radius 1 is 1.20 bits per heavy atom. The van der Waals surface area contributed by atoms with E-state index in [0.29, 0.717) is 18.0 Å². The standard InChI is InChI=1S/C18H21N5O2/c1-11(2)23-13(4)9-15(22-23)17(24)19-18-21-20-16(25-18)10-14-7-5-12(3)6-8-14/h5-9,11H,10H2,1-4H3,(H,19,21,24). The Balaban J connectivity index is 1.67. The minimum absolute atomic E-state index is 0.0730. The van der Waals surface area contributed by atoms with Gasteiger partial charge >= 0.3 is 6.01 Å². The Bertz CT molecular complexity index is 877. The summed E-state index contributed by atoms with van der Waals surface area (Å²) in [5.74, 6) is 0.0797. The van der Waals surface area contributed by atoms with Gasteiger partial charge in [0.05, 0.1) is 6.42 Å². The van der Waals surface area contributed by atoms with Gasteiger partial charge in [0.1, 0.15) is 0 Å². The summed E-state index contributed by atoms with van der Waals surface area (Å²) in [7, 11) is 0. The van der Waals surface area contributed by atoms with E-state index in [2.05, 4.69) is 20.6 Å². The summed E-state index contributed by atoms with van der Waals surface area (Å²) >= 11 is 0. The third kappa shape index (κ3) is 3.93. The lowest BCUT2D eigenvalue weighted by atomic mass is 10.1. The Kier molecular flexibility index (Phi) is 4.65. The summed E-state index contributed by atoms with van der Waals surface area (Å²) in [6, 6.07) is 10.1. The second-order valence-corrected chi connectivity index (χ2v) is 6.33. The maximum absolute atomic E-state index is 12.3. The highest BCUT2D eigenvalue weighted by Crippen LogP contribution is 2.14. The van der Waals surface area contributed by atoms with Crippen LogP contribution in [0, 0.1) is 13.8 Å². The summed E-state index contributed by atoms with van der Waals surface area (Å²) in [4.78, 5) is 12.3. The highest BCUT2D eigenvalue weighted by molar-refractivity contribution is 6.01. The van der Waals surface area contributed by atoms with Crippen molar-refractivity contribution in [2.24, 2.45) is 0 Å². The van der Waals surface area contributed by atoms with Crippen LogP contribution in [0.3, 0.4) is 0 Å². The van der Waals surface area contributed by atoms with Crippen LogP contribution in [0.5, 0.6) is 0 Å². The summed E-state index contributed by atoms with van der Waals surface area (Å²) in [5.41, 5.74) is 3.51. The van der Waals surface area contributed by atoms with Gasteiger partial charge in [0.2, 0.25) is 5.89 Å². The number of rotatable bonds is 5. The molecule has 0 unspecified atom stereocenters. The molecule has 3 rings (SSSR count). The molecule has 7 nitrogen and oxygen atoms in total. The number of aromatic nitrogens is 4. The lowest BCUT2D eigenvalue weighted by Crippen LogP contribution is -2.14. The molecule has 3 aromatic rings. The van der Waals surface area contributed by atoms with Crippen LogP contribution < -0.4 is 5.32 Å². The molecule has 0 fully saturated rings. The Morgan fingerprint density at radius 2 is 1.92 bits per heavy atom. The Hall–Kier alpha value is -2.96. The van der Waals surface area contributed by atoms with Crippen LogP contribution in [0.1, 0.15) is 53.1 Å². The van der Waals surface area contributed by atoms with Gasteiger partial charge in [-0.15, -0.1) is 5.10 Å². The molecular weight excluding hydrogens is 318 g/mol. The normalized spacial score (nSPS) is 11.1. The molecular formula is C18H21N5O2. The van der Waals surface area contributed by atoms with Crippen LogP contribution >= 0.6 is 0 Å². The zero-order valence-corrected chi connectivity index (χ0v) is 14.8. The molecule has 2 aromatic heterocycles. The van der Waals surface area contributed by atoms with Crippen molar-refractivity contribution in [3.05, 3.63) is 58.7 Å². The molecule has 0 aliphatic heterocycles. The van der Waals surface area contributed by atoms with Gasteiger partial charge < -0.3 is 4.42 Å². The van der Waals surface area contributed by atoms with Crippen molar-refractivity contribution in [3.63, 3.8) is 0 Å². The summed E-state index contributed by atoms with van der Waals surface area (Å²) in [6.45, 7) is 7.97. The molecule has 130 valence electrons. The molecule has 1 N–H and O–H groups in total. The fourth-order valence-corrected chi connectivity index (χ4v) is 2.54. The average Bonchev–Trinajstić information content (AvgIpc) is 3.16. The fourth-order valence-electron chi connectivity index (χ4n) is 2.54. The van der Waals surface area contributed by atoms with Crippen molar-refractivity contribution in [2.45, 2.75) is 40.2 Å². The molecule has 1 aromatic carbocycles. The van der Waals surface area contributed by atoms with E-state index in [9.17, 15) is 4.79 Å². The van der Waals surface area contributed by atoms with E-state index < -0.39 is 0 Å². The first-order valence-electron chi connectivity index (χ1n) is 8.18. The first-order valence-corrected chi connectivity index (χ1v) is 8.18. The van der Waals surface area contributed by atoms with E-state index in [1.165, 1.54) is 5.56 Å². The molecule has 0 aliphatic rings. The van der Waals surface area contributed by atoms with Gasteiger partial charge in [-0.1, -0.05) is 34.9 Å². The Labute approximate surface area is 146 Å². The monoisotopic (exact) mass is 339 g/mol. The van der Waals surface area contributed by atoms with Crippen LogP contribution in [0.25, 0.3) is 0 Å². The number of nitrogens with zero attached hydrogens (tertiary/aromatic N) is 4. The average molecular weight is 339 g/mol. The summed E-state index contributed by atoms with van der Waals surface area (Å²) < 4.78 is 7.30. The van der Waals surface area contributed by atoms with Crippen molar-refractivity contribution >= 4 is 11.9 Å². The van der Waals surface area contributed by atoms with Crippen LogP contribution in [0.15, 0.2) is 34.7 Å². The topological polar surface area (TPSA) is 85.8 Å². The fraction of sp³-hybridized carbons (Fsp3) is 0.333. The molecule has 0 bridgehead atoms. The van der Waals surface area contributed by atoms with Gasteiger partial charge in [0.25, 0.3) is 5.91 Å². The second-order valence-electron chi connectivity index (χ2n) is 6.33. The van der Waals surface area contributed by atoms with Crippen LogP contribution in [0.4, 0.5) is 6.01 Å². The van der Waals surface area contributed by atoms with Crippen molar-refractivity contribution in [3.8, 4) is 0 Å². The van der Waals surface area contributed by atoms with E-state index in [1.54, 1.807) is 10.7 Å². The molecule has 0 aliphatic carbocycles. The quantitative estimate of drug-likeness (QED) is 0.771. The van der Waals surface area contributed by atoms with E-state index in [0.717, 1.165) is 11.3 Å².